The van der Waals surface area contributed by atoms with E-state index in [-0.39, 0.29) is 0 Å². The number of rotatable bonds is 0. The molecule has 4 rings (SSSR count). The molecule has 112 valence electrons. The predicted octanol–water partition coefficient (Wildman–Crippen LogP) is 7.92. The van der Waals surface area contributed by atoms with Gasteiger partial charge in [0.25, 0.3) is 0 Å². The molecule has 0 aliphatic carbocycles. The Labute approximate surface area is 160 Å². The first-order valence-corrected chi connectivity index (χ1v) is 9.40. The lowest BCUT2D eigenvalue weighted by Gasteiger charge is -1.83. The van der Waals surface area contributed by atoms with Crippen LogP contribution in [-0.4, -0.2) is 0 Å². The molecule has 2 heterocycles. The molecule has 6 heteroatoms. The van der Waals surface area contributed by atoms with Gasteiger partial charge in [-0.2, -0.15) is 0 Å². The van der Waals surface area contributed by atoms with E-state index in [1.807, 2.05) is 48.5 Å². The third-order valence-electron chi connectivity index (χ3n) is 2.99. The van der Waals surface area contributed by atoms with Crippen molar-refractivity contribution < 1.29 is 8.83 Å². The van der Waals surface area contributed by atoms with E-state index in [1.54, 1.807) is 0 Å². The van der Waals surface area contributed by atoms with Crippen LogP contribution < -0.4 is 0 Å². The van der Waals surface area contributed by atoms with E-state index in [1.165, 1.54) is 0 Å². The van der Waals surface area contributed by atoms with E-state index in [9.17, 15) is 0 Å². The number of para-hydroxylation sites is 2. The third-order valence-corrected chi connectivity index (χ3v) is 6.75. The minimum Gasteiger partial charge on any atom is -0.448 e. The Hall–Kier alpha value is -0.560. The fourth-order valence-corrected chi connectivity index (χ4v) is 3.56. The van der Waals surface area contributed by atoms with Gasteiger partial charge in [-0.05, 0) is 88.0 Å². The van der Waals surface area contributed by atoms with Crippen LogP contribution in [0.4, 0.5) is 0 Å². The van der Waals surface area contributed by atoms with E-state index >= 15 is 0 Å². The molecule has 0 fully saturated rings. The molecule has 0 aliphatic rings. The van der Waals surface area contributed by atoms with Crippen LogP contribution >= 0.6 is 63.7 Å². The standard InChI is InChI=1S/2C8H4Br2O/c2*9-7-5-3-1-2-4-6(5)11-8(7)10/h2*1-4H. The molecule has 0 saturated heterocycles. The molecule has 0 bridgehead atoms. The van der Waals surface area contributed by atoms with Gasteiger partial charge in [-0.1, -0.05) is 24.3 Å². The largest absolute Gasteiger partial charge is 0.448 e. The first kappa shape index (κ1) is 16.3. The topological polar surface area (TPSA) is 26.3 Å². The molecule has 4 aromatic rings. The second-order valence-electron chi connectivity index (χ2n) is 4.37. The maximum atomic E-state index is 5.37. The summed E-state index contributed by atoms with van der Waals surface area (Å²) in [5, 5.41) is 2.19. The molecule has 0 amide bonds. The van der Waals surface area contributed by atoms with E-state index in [4.69, 9.17) is 8.83 Å². The second-order valence-corrected chi connectivity index (χ2v) is 7.40. The normalized spacial score (nSPS) is 10.7. The van der Waals surface area contributed by atoms with Crippen molar-refractivity contribution in [3.8, 4) is 0 Å². The quantitative estimate of drug-likeness (QED) is 0.222. The molecule has 0 N–H and O–H groups in total. The average molecular weight is 552 g/mol. The summed E-state index contributed by atoms with van der Waals surface area (Å²) in [7, 11) is 0. The van der Waals surface area contributed by atoms with Crippen LogP contribution in [0.25, 0.3) is 21.9 Å². The summed E-state index contributed by atoms with van der Waals surface area (Å²) >= 11 is 13.4. The minimum absolute atomic E-state index is 0.749. The van der Waals surface area contributed by atoms with Crippen molar-refractivity contribution in [3.05, 3.63) is 66.8 Å². The van der Waals surface area contributed by atoms with E-state index in [0.29, 0.717) is 0 Å². The van der Waals surface area contributed by atoms with Crippen molar-refractivity contribution in [1.82, 2.24) is 0 Å². The summed E-state index contributed by atoms with van der Waals surface area (Å²) in [6.45, 7) is 0. The fourth-order valence-electron chi connectivity index (χ4n) is 1.97. The van der Waals surface area contributed by atoms with Gasteiger partial charge >= 0.3 is 0 Å². The Morgan fingerprint density at radius 2 is 0.909 bits per heavy atom. The highest BCUT2D eigenvalue weighted by atomic mass is 79.9. The van der Waals surface area contributed by atoms with Gasteiger partial charge in [0.05, 0.1) is 8.95 Å². The second kappa shape index (κ2) is 6.91. The summed E-state index contributed by atoms with van der Waals surface area (Å²) < 4.78 is 14.2. The summed E-state index contributed by atoms with van der Waals surface area (Å²) in [6, 6.07) is 15.7. The van der Waals surface area contributed by atoms with Crippen molar-refractivity contribution in [3.63, 3.8) is 0 Å². The molecule has 22 heavy (non-hydrogen) atoms. The van der Waals surface area contributed by atoms with E-state index in [2.05, 4.69) is 63.7 Å². The first-order valence-electron chi connectivity index (χ1n) is 6.23. The molecule has 0 spiro atoms. The average Bonchev–Trinajstić information content (AvgIpc) is 2.98. The maximum absolute atomic E-state index is 5.37. The molecule has 0 radical (unpaired) electrons. The Kier molecular flexibility index (Phi) is 5.12. The Morgan fingerprint density at radius 3 is 1.27 bits per heavy atom. The molecule has 0 unspecified atom stereocenters. The molecule has 2 nitrogen and oxygen atoms in total. The molecule has 2 aromatic carbocycles. The highest BCUT2D eigenvalue weighted by Crippen LogP contribution is 2.34. The molecular weight excluding hydrogens is 544 g/mol. The van der Waals surface area contributed by atoms with Gasteiger partial charge in [-0.25, -0.2) is 0 Å². The molecule has 0 saturated carbocycles. The van der Waals surface area contributed by atoms with Gasteiger partial charge in [0, 0.05) is 10.8 Å². The molecule has 0 aliphatic heterocycles. The number of fused-ring (bicyclic) bond motifs is 2. The van der Waals surface area contributed by atoms with E-state index < -0.39 is 0 Å². The number of furan rings is 2. The number of halogens is 4. The van der Waals surface area contributed by atoms with Crippen LogP contribution in [0.15, 0.2) is 75.6 Å². The Morgan fingerprint density at radius 1 is 0.545 bits per heavy atom. The van der Waals surface area contributed by atoms with Gasteiger partial charge in [-0.15, -0.1) is 0 Å². The number of hydrogen-bond acceptors (Lipinski definition) is 2. The SMILES string of the molecule is Brc1oc2ccccc2c1Br.Brc1oc2ccccc2c1Br. The van der Waals surface area contributed by atoms with Crippen LogP contribution in [0.5, 0.6) is 0 Å². The molecule has 2 aromatic heterocycles. The third kappa shape index (κ3) is 3.20. The highest BCUT2D eigenvalue weighted by Gasteiger charge is 2.07. The predicted molar refractivity (Wildman–Crippen MR) is 103 cm³/mol. The maximum Gasteiger partial charge on any atom is 0.184 e. The summed E-state index contributed by atoms with van der Waals surface area (Å²) in [5.74, 6) is 0. The van der Waals surface area contributed by atoms with Crippen LogP contribution in [0, 0.1) is 0 Å². The number of hydrogen-bond donors (Lipinski definition) is 0. The monoisotopic (exact) mass is 548 g/mol. The van der Waals surface area contributed by atoms with Crippen molar-refractivity contribution >= 4 is 85.7 Å². The minimum atomic E-state index is 0.749. The number of benzene rings is 2. The Bertz CT molecular complexity index is 862. The van der Waals surface area contributed by atoms with Gasteiger partial charge in [0.15, 0.2) is 9.34 Å². The zero-order valence-electron chi connectivity index (χ0n) is 10.9. The zero-order valence-corrected chi connectivity index (χ0v) is 17.3. The van der Waals surface area contributed by atoms with Crippen LogP contribution in [0.3, 0.4) is 0 Å². The lowest BCUT2D eigenvalue weighted by Crippen LogP contribution is -1.60. The van der Waals surface area contributed by atoms with Crippen LogP contribution in [-0.2, 0) is 0 Å². The van der Waals surface area contributed by atoms with Gasteiger partial charge in [-0.3, -0.25) is 0 Å². The van der Waals surface area contributed by atoms with Gasteiger partial charge in [0.1, 0.15) is 11.2 Å². The van der Waals surface area contributed by atoms with Crippen molar-refractivity contribution in [1.29, 1.82) is 0 Å². The van der Waals surface area contributed by atoms with E-state index in [0.717, 1.165) is 40.2 Å². The van der Waals surface area contributed by atoms with Crippen LogP contribution in [0.1, 0.15) is 0 Å². The smallest absolute Gasteiger partial charge is 0.184 e. The van der Waals surface area contributed by atoms with Crippen molar-refractivity contribution in [2.75, 3.05) is 0 Å². The Balaban J connectivity index is 0.000000131. The first-order chi connectivity index (χ1) is 10.6. The van der Waals surface area contributed by atoms with Gasteiger partial charge in [0.2, 0.25) is 0 Å². The van der Waals surface area contributed by atoms with Crippen LogP contribution in [0.2, 0.25) is 0 Å². The van der Waals surface area contributed by atoms with Gasteiger partial charge < -0.3 is 8.83 Å². The molecular formula is C16H8Br4O2. The molecule has 0 atom stereocenters. The summed E-state index contributed by atoms with van der Waals surface area (Å²) in [6.07, 6.45) is 0. The lowest BCUT2D eigenvalue weighted by molar-refractivity contribution is 0.584. The summed E-state index contributed by atoms with van der Waals surface area (Å²) in [5.41, 5.74) is 1.79. The summed E-state index contributed by atoms with van der Waals surface area (Å²) in [4.78, 5) is 0. The van der Waals surface area contributed by atoms with Crippen molar-refractivity contribution in [2.45, 2.75) is 0 Å². The van der Waals surface area contributed by atoms with Crippen molar-refractivity contribution in [2.24, 2.45) is 0 Å². The fraction of sp³-hybridized carbons (Fsp3) is 0. The lowest BCUT2D eigenvalue weighted by atomic mass is 10.3. The zero-order chi connectivity index (χ0) is 15.7. The highest BCUT2D eigenvalue weighted by molar-refractivity contribution is 9.13.